The molecule has 0 bridgehead atoms. The number of pyridine rings is 1. The third kappa shape index (κ3) is 4.31. The molecule has 1 atom stereocenters. The Morgan fingerprint density at radius 2 is 1.79 bits per heavy atom. The maximum atomic E-state index is 13.2. The lowest BCUT2D eigenvalue weighted by Crippen LogP contribution is -2.54. The van der Waals surface area contributed by atoms with Gasteiger partial charge in [-0.3, -0.25) is 9.78 Å². The minimum Gasteiger partial charge on any atom is -0.480 e. The van der Waals surface area contributed by atoms with Crippen molar-refractivity contribution in [3.63, 3.8) is 0 Å². The molecule has 0 unspecified atom stereocenters. The van der Waals surface area contributed by atoms with Crippen LogP contribution in [0.15, 0.2) is 53.7 Å². The number of thioether (sulfide) groups is 1. The van der Waals surface area contributed by atoms with Gasteiger partial charge in [0.2, 0.25) is 10.0 Å². The number of nitrogens with zero attached hydrogens (tertiary/aromatic N) is 2. The summed E-state index contributed by atoms with van der Waals surface area (Å²) >= 11 is 1.48. The monoisotopic (exact) mass is 422 g/mol. The second kappa shape index (κ2) is 8.10. The molecule has 1 fully saturated rings. The number of benzene rings is 1. The first kappa shape index (κ1) is 20.6. The van der Waals surface area contributed by atoms with Gasteiger partial charge in [-0.1, -0.05) is 0 Å². The summed E-state index contributed by atoms with van der Waals surface area (Å²) in [4.78, 5) is 15.9. The molecule has 1 aromatic heterocycles. The van der Waals surface area contributed by atoms with E-state index in [1.807, 2.05) is 0 Å². The summed E-state index contributed by atoms with van der Waals surface area (Å²) in [6.45, 7) is 3.72. The van der Waals surface area contributed by atoms with Crippen LogP contribution >= 0.6 is 11.8 Å². The predicted octanol–water partition coefficient (Wildman–Crippen LogP) is 3.23. The van der Waals surface area contributed by atoms with E-state index in [0.29, 0.717) is 23.7 Å². The second-order valence-electron chi connectivity index (χ2n) is 6.92. The standard InChI is InChI=1S/C19H22N2O5S2/c1-19(2)17(18(22)23)21(12-3-13-27-19)28(24,25)16-6-4-14(5-7-16)26-15-8-10-20-11-9-15/h4-11,17H,3,12-13H2,1-2H3,(H,22,23)/t17-/m0/s1. The van der Waals surface area contributed by atoms with Crippen molar-refractivity contribution in [2.24, 2.45) is 0 Å². The van der Waals surface area contributed by atoms with Crippen molar-refractivity contribution in [1.29, 1.82) is 0 Å². The molecular formula is C19H22N2O5S2. The fraction of sp³-hybridized carbons (Fsp3) is 0.368. The van der Waals surface area contributed by atoms with Crippen LogP contribution < -0.4 is 4.74 Å². The fourth-order valence-corrected chi connectivity index (χ4v) is 6.15. The molecule has 0 aliphatic carbocycles. The SMILES string of the molecule is CC1(C)SCCCN(S(=O)(=O)c2ccc(Oc3ccncc3)cc2)[C@H]1C(=O)O. The summed E-state index contributed by atoms with van der Waals surface area (Å²) in [5.41, 5.74) is 0. The maximum Gasteiger partial charge on any atom is 0.323 e. The van der Waals surface area contributed by atoms with Crippen LogP contribution in [0, 0.1) is 0 Å². The van der Waals surface area contributed by atoms with Crippen molar-refractivity contribution >= 4 is 27.8 Å². The molecule has 3 rings (SSSR count). The topological polar surface area (TPSA) is 96.8 Å². The van der Waals surface area contributed by atoms with Gasteiger partial charge < -0.3 is 9.84 Å². The zero-order valence-electron chi connectivity index (χ0n) is 15.6. The van der Waals surface area contributed by atoms with E-state index in [2.05, 4.69) is 4.98 Å². The number of aliphatic carboxylic acids is 1. The third-order valence-corrected chi connectivity index (χ3v) is 7.83. The average molecular weight is 423 g/mol. The van der Waals surface area contributed by atoms with Gasteiger partial charge in [0.25, 0.3) is 0 Å². The molecule has 0 radical (unpaired) electrons. The third-order valence-electron chi connectivity index (χ3n) is 4.49. The Kier molecular flexibility index (Phi) is 5.97. The number of carboxylic acids is 1. The van der Waals surface area contributed by atoms with Gasteiger partial charge in [-0.15, -0.1) is 0 Å². The highest BCUT2D eigenvalue weighted by Gasteiger charge is 2.46. The Hall–Kier alpha value is -2.10. The van der Waals surface area contributed by atoms with Crippen molar-refractivity contribution in [1.82, 2.24) is 9.29 Å². The Morgan fingerprint density at radius 1 is 1.18 bits per heavy atom. The van der Waals surface area contributed by atoms with Crippen LogP contribution in [0.25, 0.3) is 0 Å². The number of sulfonamides is 1. The summed E-state index contributed by atoms with van der Waals surface area (Å²) in [6.07, 6.45) is 3.79. The van der Waals surface area contributed by atoms with Gasteiger partial charge in [-0.05, 0) is 62.4 Å². The van der Waals surface area contributed by atoms with Gasteiger partial charge in [0.15, 0.2) is 0 Å². The van der Waals surface area contributed by atoms with Crippen molar-refractivity contribution in [3.8, 4) is 11.5 Å². The van der Waals surface area contributed by atoms with Gasteiger partial charge in [-0.25, -0.2) is 8.42 Å². The van der Waals surface area contributed by atoms with Crippen molar-refractivity contribution in [2.45, 2.75) is 36.0 Å². The first-order valence-electron chi connectivity index (χ1n) is 8.78. The molecule has 0 spiro atoms. The summed E-state index contributed by atoms with van der Waals surface area (Å²) in [7, 11) is -3.97. The van der Waals surface area contributed by atoms with Crippen LogP contribution in [0.3, 0.4) is 0 Å². The smallest absolute Gasteiger partial charge is 0.323 e. The first-order chi connectivity index (χ1) is 13.2. The van der Waals surface area contributed by atoms with Crippen LogP contribution in [-0.4, -0.2) is 51.9 Å². The minimum absolute atomic E-state index is 0.0449. The van der Waals surface area contributed by atoms with Gasteiger partial charge in [-0.2, -0.15) is 16.1 Å². The number of carbonyl (C=O) groups is 1. The molecule has 1 aliphatic rings. The molecule has 7 nitrogen and oxygen atoms in total. The largest absolute Gasteiger partial charge is 0.480 e. The van der Waals surface area contributed by atoms with Gasteiger partial charge in [0.05, 0.1) is 4.90 Å². The lowest BCUT2D eigenvalue weighted by atomic mass is 10.0. The second-order valence-corrected chi connectivity index (χ2v) is 10.6. The fourth-order valence-electron chi connectivity index (χ4n) is 3.15. The Morgan fingerprint density at radius 3 is 2.39 bits per heavy atom. The Balaban J connectivity index is 1.89. The van der Waals surface area contributed by atoms with E-state index < -0.39 is 26.8 Å². The van der Waals surface area contributed by atoms with Crippen molar-refractivity contribution in [3.05, 3.63) is 48.8 Å². The Bertz CT molecular complexity index is 931. The number of carboxylic acid groups (broad SMARTS) is 1. The molecule has 0 amide bonds. The van der Waals surface area contributed by atoms with Crippen LogP contribution in [0.5, 0.6) is 11.5 Å². The molecule has 1 aromatic carbocycles. The van der Waals surface area contributed by atoms with E-state index in [9.17, 15) is 18.3 Å². The average Bonchev–Trinajstić information content (AvgIpc) is 2.81. The zero-order valence-corrected chi connectivity index (χ0v) is 17.2. The van der Waals surface area contributed by atoms with Crippen LogP contribution in [0.1, 0.15) is 20.3 Å². The van der Waals surface area contributed by atoms with E-state index in [-0.39, 0.29) is 11.4 Å². The first-order valence-corrected chi connectivity index (χ1v) is 11.2. The quantitative estimate of drug-likeness (QED) is 0.790. The number of ether oxygens (including phenoxy) is 1. The summed E-state index contributed by atoms with van der Waals surface area (Å²) < 4.78 is 32.5. The molecule has 1 saturated heterocycles. The molecule has 150 valence electrons. The molecule has 1 aliphatic heterocycles. The van der Waals surface area contributed by atoms with Gasteiger partial charge in [0.1, 0.15) is 17.5 Å². The normalized spacial score (nSPS) is 20.3. The van der Waals surface area contributed by atoms with E-state index >= 15 is 0 Å². The number of rotatable bonds is 5. The lowest BCUT2D eigenvalue weighted by Gasteiger charge is -2.35. The highest BCUT2D eigenvalue weighted by atomic mass is 32.2. The molecule has 2 heterocycles. The lowest BCUT2D eigenvalue weighted by molar-refractivity contribution is -0.142. The van der Waals surface area contributed by atoms with E-state index in [4.69, 9.17) is 4.74 Å². The summed E-state index contributed by atoms with van der Waals surface area (Å²) in [5.74, 6) is 0.636. The van der Waals surface area contributed by atoms with Gasteiger partial charge in [0, 0.05) is 23.7 Å². The Labute approximate surface area is 168 Å². The highest BCUT2D eigenvalue weighted by molar-refractivity contribution is 8.00. The molecule has 2 aromatic rings. The molecule has 9 heteroatoms. The van der Waals surface area contributed by atoms with Crippen LogP contribution in [0.4, 0.5) is 0 Å². The van der Waals surface area contributed by atoms with Crippen molar-refractivity contribution < 1.29 is 23.1 Å². The van der Waals surface area contributed by atoms with Crippen LogP contribution in [-0.2, 0) is 14.8 Å². The van der Waals surface area contributed by atoms with Crippen molar-refractivity contribution in [2.75, 3.05) is 12.3 Å². The highest BCUT2D eigenvalue weighted by Crippen LogP contribution is 2.37. The molecule has 28 heavy (non-hydrogen) atoms. The predicted molar refractivity (Wildman–Crippen MR) is 107 cm³/mol. The molecule has 1 N–H and O–H groups in total. The van der Waals surface area contributed by atoms with E-state index in [1.165, 1.54) is 23.9 Å². The minimum atomic E-state index is -3.97. The van der Waals surface area contributed by atoms with E-state index in [0.717, 1.165) is 4.31 Å². The van der Waals surface area contributed by atoms with Crippen LogP contribution in [0.2, 0.25) is 0 Å². The number of aromatic nitrogens is 1. The summed E-state index contributed by atoms with van der Waals surface area (Å²) in [6, 6.07) is 8.24. The molecular weight excluding hydrogens is 400 g/mol. The van der Waals surface area contributed by atoms with Gasteiger partial charge >= 0.3 is 5.97 Å². The zero-order chi connectivity index (χ0) is 20.4. The number of hydrogen-bond donors (Lipinski definition) is 1. The maximum absolute atomic E-state index is 13.2. The van der Waals surface area contributed by atoms with E-state index in [1.54, 1.807) is 50.5 Å². The molecule has 0 saturated carbocycles. The number of hydrogen-bond acceptors (Lipinski definition) is 6. The summed E-state index contributed by atoms with van der Waals surface area (Å²) in [5, 5.41) is 9.74.